The van der Waals surface area contributed by atoms with Gasteiger partial charge in [-0.05, 0) is 62.2 Å². The largest absolute Gasteiger partial charge is 0.495 e. The summed E-state index contributed by atoms with van der Waals surface area (Å²) in [5.41, 5.74) is 2.14. The maximum Gasteiger partial charge on any atom is 0.326 e. The molecule has 146 valence electrons. The molecule has 0 atom stereocenters. The summed E-state index contributed by atoms with van der Waals surface area (Å²) in [7, 11) is -2.61. The Morgan fingerprint density at radius 3 is 2.26 bits per heavy atom. The fourth-order valence-corrected chi connectivity index (χ4v) is 4.41. The molecule has 0 heterocycles. The molecule has 0 amide bonds. The Morgan fingerprint density at radius 1 is 1.11 bits per heavy atom. The summed E-state index contributed by atoms with van der Waals surface area (Å²) in [5.74, 6) is -0.279. The minimum atomic E-state index is -4.06. The van der Waals surface area contributed by atoms with Crippen molar-refractivity contribution in [1.82, 2.24) is 0 Å². The zero-order valence-electron chi connectivity index (χ0n) is 15.7. The van der Waals surface area contributed by atoms with Crippen LogP contribution in [-0.4, -0.2) is 34.6 Å². The number of anilines is 1. The van der Waals surface area contributed by atoms with E-state index >= 15 is 0 Å². The first-order chi connectivity index (χ1) is 12.7. The molecule has 0 unspecified atom stereocenters. The number of rotatable bonds is 7. The first-order valence-electron chi connectivity index (χ1n) is 8.29. The third-order valence-electron chi connectivity index (χ3n) is 3.78. The Morgan fingerprint density at radius 2 is 1.74 bits per heavy atom. The number of methoxy groups -OCH3 is 1. The lowest BCUT2D eigenvalue weighted by Gasteiger charge is -2.24. The highest BCUT2D eigenvalue weighted by atomic mass is 35.5. The van der Waals surface area contributed by atoms with Crippen LogP contribution in [0, 0.1) is 13.8 Å². The number of carbonyl (C=O) groups excluding carboxylic acids is 1. The first-order valence-corrected chi connectivity index (χ1v) is 10.1. The number of nitrogens with zero attached hydrogens (tertiary/aromatic N) is 1. The average molecular weight is 412 g/mol. The molecular weight excluding hydrogens is 390 g/mol. The monoisotopic (exact) mass is 411 g/mol. The summed E-state index contributed by atoms with van der Waals surface area (Å²) in [6.07, 6.45) is 0. The van der Waals surface area contributed by atoms with Crippen LogP contribution in [-0.2, 0) is 19.6 Å². The number of hydrogen-bond donors (Lipinski definition) is 0. The summed E-state index contributed by atoms with van der Waals surface area (Å²) in [6.45, 7) is 5.10. The third-order valence-corrected chi connectivity index (χ3v) is 5.85. The lowest BCUT2D eigenvalue weighted by atomic mass is 10.1. The van der Waals surface area contributed by atoms with Crippen molar-refractivity contribution >= 4 is 33.3 Å². The molecule has 0 aliphatic heterocycles. The molecule has 0 aliphatic carbocycles. The topological polar surface area (TPSA) is 72.9 Å². The SMILES string of the molecule is CCOC(=O)CN(c1cc(C)cc(C)c1)S(=O)(=O)c1ccc(OC)c(Cl)c1. The number of ether oxygens (including phenoxy) is 2. The van der Waals surface area contributed by atoms with Gasteiger partial charge in [0.25, 0.3) is 10.0 Å². The predicted octanol–water partition coefficient (Wildman–Crippen LogP) is 3.72. The van der Waals surface area contributed by atoms with Crippen molar-refractivity contribution in [1.29, 1.82) is 0 Å². The van der Waals surface area contributed by atoms with E-state index in [1.165, 1.54) is 25.3 Å². The standard InChI is InChI=1S/C19H22ClNO5S/c1-5-26-19(22)12-21(15-9-13(2)8-14(3)10-15)27(23,24)16-6-7-18(25-4)17(20)11-16/h6-11H,5,12H2,1-4H3. The zero-order chi connectivity index (χ0) is 20.2. The summed E-state index contributed by atoms with van der Waals surface area (Å²) < 4.78 is 37.6. The number of hydrogen-bond acceptors (Lipinski definition) is 5. The molecule has 0 aliphatic rings. The summed E-state index contributed by atoms with van der Waals surface area (Å²) in [4.78, 5) is 12.0. The number of aryl methyl sites for hydroxylation is 2. The predicted molar refractivity (Wildman–Crippen MR) is 105 cm³/mol. The van der Waals surface area contributed by atoms with Crippen molar-refractivity contribution in [3.63, 3.8) is 0 Å². The smallest absolute Gasteiger partial charge is 0.326 e. The number of sulfonamides is 1. The Bertz CT molecular complexity index is 923. The summed E-state index contributed by atoms with van der Waals surface area (Å²) >= 11 is 6.09. The fraction of sp³-hybridized carbons (Fsp3) is 0.316. The molecule has 0 N–H and O–H groups in total. The van der Waals surface area contributed by atoms with Gasteiger partial charge in [0.15, 0.2) is 0 Å². The van der Waals surface area contributed by atoms with Crippen molar-refractivity contribution in [2.45, 2.75) is 25.7 Å². The normalized spacial score (nSPS) is 11.1. The maximum absolute atomic E-state index is 13.3. The van der Waals surface area contributed by atoms with Crippen LogP contribution in [0.25, 0.3) is 0 Å². The van der Waals surface area contributed by atoms with E-state index in [0.29, 0.717) is 11.4 Å². The molecule has 6 nitrogen and oxygen atoms in total. The second kappa shape index (κ2) is 8.63. The highest BCUT2D eigenvalue weighted by molar-refractivity contribution is 7.92. The zero-order valence-corrected chi connectivity index (χ0v) is 17.2. The van der Waals surface area contributed by atoms with Crippen molar-refractivity contribution in [3.05, 3.63) is 52.5 Å². The molecule has 0 radical (unpaired) electrons. The Labute approximate surface area is 164 Å². The van der Waals surface area contributed by atoms with Gasteiger partial charge in [-0.2, -0.15) is 0 Å². The quantitative estimate of drug-likeness (QED) is 0.649. The van der Waals surface area contributed by atoms with Gasteiger partial charge in [-0.15, -0.1) is 0 Å². The number of esters is 1. The van der Waals surface area contributed by atoms with Gasteiger partial charge in [-0.25, -0.2) is 8.42 Å². The van der Waals surface area contributed by atoms with Crippen LogP contribution >= 0.6 is 11.6 Å². The highest BCUT2D eigenvalue weighted by Gasteiger charge is 2.28. The van der Waals surface area contributed by atoms with Crippen LogP contribution in [0.15, 0.2) is 41.3 Å². The van der Waals surface area contributed by atoms with Gasteiger partial charge in [-0.1, -0.05) is 17.7 Å². The molecule has 0 aromatic heterocycles. The summed E-state index contributed by atoms with van der Waals surface area (Å²) in [6, 6.07) is 9.49. The second-order valence-corrected chi connectivity index (χ2v) is 8.23. The molecule has 0 bridgehead atoms. The van der Waals surface area contributed by atoms with Gasteiger partial charge < -0.3 is 9.47 Å². The maximum atomic E-state index is 13.3. The molecule has 0 fully saturated rings. The van der Waals surface area contributed by atoms with Crippen LogP contribution in [0.3, 0.4) is 0 Å². The Hall–Kier alpha value is -2.25. The van der Waals surface area contributed by atoms with Crippen LogP contribution in [0.2, 0.25) is 5.02 Å². The van der Waals surface area contributed by atoms with Crippen molar-refractivity contribution in [3.8, 4) is 5.75 Å². The highest BCUT2D eigenvalue weighted by Crippen LogP contribution is 2.31. The molecule has 2 aromatic rings. The van der Waals surface area contributed by atoms with Crippen LogP contribution in [0.5, 0.6) is 5.75 Å². The van der Waals surface area contributed by atoms with Gasteiger partial charge in [0, 0.05) is 0 Å². The van der Waals surface area contributed by atoms with E-state index in [2.05, 4.69) is 0 Å². The first kappa shape index (κ1) is 21.1. The lowest BCUT2D eigenvalue weighted by molar-refractivity contribution is -0.141. The molecule has 0 saturated heterocycles. The number of benzene rings is 2. The number of carbonyl (C=O) groups is 1. The van der Waals surface area contributed by atoms with E-state index in [9.17, 15) is 13.2 Å². The summed E-state index contributed by atoms with van der Waals surface area (Å²) in [5, 5.41) is 0.162. The van der Waals surface area contributed by atoms with Gasteiger partial charge >= 0.3 is 5.97 Å². The minimum absolute atomic E-state index is 0.0447. The van der Waals surface area contributed by atoms with E-state index in [4.69, 9.17) is 21.1 Å². The lowest BCUT2D eigenvalue weighted by Crippen LogP contribution is -2.36. The molecule has 27 heavy (non-hydrogen) atoms. The number of halogens is 1. The van der Waals surface area contributed by atoms with E-state index in [0.717, 1.165) is 15.4 Å². The third kappa shape index (κ3) is 4.93. The molecule has 2 aromatic carbocycles. The molecule has 2 rings (SSSR count). The second-order valence-electron chi connectivity index (χ2n) is 5.96. The molecule has 0 spiro atoms. The van der Waals surface area contributed by atoms with Crippen molar-refractivity contribution in [2.24, 2.45) is 0 Å². The van der Waals surface area contributed by atoms with Gasteiger partial charge in [0.05, 0.1) is 29.3 Å². The fourth-order valence-electron chi connectivity index (χ4n) is 2.67. The Kier molecular flexibility index (Phi) is 6.73. The molecular formula is C19H22ClNO5S. The van der Waals surface area contributed by atoms with E-state index in [-0.39, 0.29) is 16.5 Å². The van der Waals surface area contributed by atoms with E-state index in [1.54, 1.807) is 19.1 Å². The van der Waals surface area contributed by atoms with Crippen LogP contribution in [0.1, 0.15) is 18.1 Å². The van der Waals surface area contributed by atoms with Crippen LogP contribution in [0.4, 0.5) is 5.69 Å². The van der Waals surface area contributed by atoms with Gasteiger partial charge in [0.1, 0.15) is 12.3 Å². The van der Waals surface area contributed by atoms with Crippen molar-refractivity contribution < 1.29 is 22.7 Å². The van der Waals surface area contributed by atoms with Gasteiger partial charge in [-0.3, -0.25) is 9.10 Å². The molecule has 8 heteroatoms. The van der Waals surface area contributed by atoms with Crippen LogP contribution < -0.4 is 9.04 Å². The van der Waals surface area contributed by atoms with E-state index < -0.39 is 22.5 Å². The van der Waals surface area contributed by atoms with Crippen molar-refractivity contribution in [2.75, 3.05) is 24.6 Å². The average Bonchev–Trinajstić information content (AvgIpc) is 2.58. The minimum Gasteiger partial charge on any atom is -0.495 e. The molecule has 0 saturated carbocycles. The van der Waals surface area contributed by atoms with Gasteiger partial charge in [0.2, 0.25) is 0 Å². The Balaban J connectivity index is 2.56. The van der Waals surface area contributed by atoms with E-state index in [1.807, 2.05) is 19.9 Å².